The van der Waals surface area contributed by atoms with E-state index < -0.39 is 4.92 Å². The van der Waals surface area contributed by atoms with Crippen LogP contribution in [0.5, 0.6) is 0 Å². The van der Waals surface area contributed by atoms with Gasteiger partial charge in [0.2, 0.25) is 0 Å². The van der Waals surface area contributed by atoms with E-state index >= 15 is 0 Å². The molecule has 1 heterocycles. The van der Waals surface area contributed by atoms with Gasteiger partial charge in [-0.3, -0.25) is 15.1 Å². The zero-order chi connectivity index (χ0) is 16.2. The summed E-state index contributed by atoms with van der Waals surface area (Å²) in [5, 5.41) is 10.6. The molecule has 5 heteroatoms. The minimum Gasteiger partial charge on any atom is -0.372 e. The van der Waals surface area contributed by atoms with Crippen molar-refractivity contribution in [1.29, 1.82) is 0 Å². The highest BCUT2D eigenvalue weighted by atomic mass is 16.6. The highest BCUT2D eigenvalue weighted by Gasteiger charge is 2.12. The average molecular weight is 309 g/mol. The zero-order valence-corrected chi connectivity index (χ0v) is 13.1. The monoisotopic (exact) mass is 309 g/mol. The first-order valence-electron chi connectivity index (χ1n) is 7.77. The Balaban J connectivity index is 1.75. The average Bonchev–Trinajstić information content (AvgIpc) is 3.08. The van der Waals surface area contributed by atoms with Crippen LogP contribution < -0.4 is 4.90 Å². The third kappa shape index (κ3) is 3.56. The van der Waals surface area contributed by atoms with E-state index in [2.05, 4.69) is 35.0 Å². The number of anilines is 1. The first kappa shape index (κ1) is 15.2. The number of non-ortho nitro benzene ring substituents is 1. The van der Waals surface area contributed by atoms with Crippen LogP contribution in [0.3, 0.4) is 0 Å². The Kier molecular flexibility index (Phi) is 4.37. The molecule has 3 rings (SSSR count). The fourth-order valence-electron chi connectivity index (χ4n) is 2.78. The Hall–Kier alpha value is -2.69. The maximum atomic E-state index is 10.6. The van der Waals surface area contributed by atoms with Gasteiger partial charge in [0.15, 0.2) is 0 Å². The van der Waals surface area contributed by atoms with Crippen molar-refractivity contribution in [3.05, 3.63) is 63.7 Å². The van der Waals surface area contributed by atoms with Gasteiger partial charge in [-0.2, -0.15) is 0 Å². The van der Waals surface area contributed by atoms with E-state index in [9.17, 15) is 10.1 Å². The molecule has 0 bridgehead atoms. The van der Waals surface area contributed by atoms with Crippen molar-refractivity contribution in [2.24, 2.45) is 4.99 Å². The van der Waals surface area contributed by atoms with Gasteiger partial charge in [0.1, 0.15) is 0 Å². The second-order valence-electron chi connectivity index (χ2n) is 5.77. The number of benzene rings is 2. The minimum absolute atomic E-state index is 0.0788. The SMILES string of the molecule is Cc1cc(N2CCCC2)ccc1C=Nc1ccc([N+](=O)[O-])cc1. The fourth-order valence-corrected chi connectivity index (χ4v) is 2.78. The maximum Gasteiger partial charge on any atom is 0.269 e. The number of nitro groups is 1. The smallest absolute Gasteiger partial charge is 0.269 e. The lowest BCUT2D eigenvalue weighted by Crippen LogP contribution is -2.17. The largest absolute Gasteiger partial charge is 0.372 e. The van der Waals surface area contributed by atoms with Crippen molar-refractivity contribution in [2.45, 2.75) is 19.8 Å². The third-order valence-electron chi connectivity index (χ3n) is 4.14. The van der Waals surface area contributed by atoms with E-state index in [0.29, 0.717) is 5.69 Å². The number of rotatable bonds is 4. The Morgan fingerprint density at radius 3 is 2.43 bits per heavy atom. The second kappa shape index (κ2) is 6.60. The third-order valence-corrected chi connectivity index (χ3v) is 4.14. The van der Waals surface area contributed by atoms with Crippen molar-refractivity contribution in [2.75, 3.05) is 18.0 Å². The lowest BCUT2D eigenvalue weighted by molar-refractivity contribution is -0.384. The number of hydrogen-bond acceptors (Lipinski definition) is 4. The quantitative estimate of drug-likeness (QED) is 0.482. The molecule has 0 saturated carbocycles. The summed E-state index contributed by atoms with van der Waals surface area (Å²) in [5.74, 6) is 0. The van der Waals surface area contributed by atoms with Crippen LogP contribution in [0.25, 0.3) is 0 Å². The van der Waals surface area contributed by atoms with Crippen LogP contribution in [-0.2, 0) is 0 Å². The van der Waals surface area contributed by atoms with Crippen molar-refractivity contribution < 1.29 is 4.92 Å². The summed E-state index contributed by atoms with van der Waals surface area (Å²) in [6, 6.07) is 12.7. The lowest BCUT2D eigenvalue weighted by Gasteiger charge is -2.18. The van der Waals surface area contributed by atoms with Gasteiger partial charge in [0.05, 0.1) is 10.6 Å². The molecule has 2 aromatic carbocycles. The van der Waals surface area contributed by atoms with Crippen LogP contribution in [0.2, 0.25) is 0 Å². The molecule has 0 radical (unpaired) electrons. The Labute approximate surface area is 135 Å². The van der Waals surface area contributed by atoms with Gasteiger partial charge in [-0.15, -0.1) is 0 Å². The molecule has 0 aromatic heterocycles. The van der Waals surface area contributed by atoms with Gasteiger partial charge in [-0.1, -0.05) is 6.07 Å². The molecule has 1 aliphatic rings. The summed E-state index contributed by atoms with van der Waals surface area (Å²) < 4.78 is 0. The highest BCUT2D eigenvalue weighted by Crippen LogP contribution is 2.23. The second-order valence-corrected chi connectivity index (χ2v) is 5.77. The van der Waals surface area contributed by atoms with Gasteiger partial charge in [0, 0.05) is 37.1 Å². The Bertz CT molecular complexity index is 732. The molecule has 23 heavy (non-hydrogen) atoms. The molecular formula is C18H19N3O2. The van der Waals surface area contributed by atoms with Crippen LogP contribution >= 0.6 is 0 Å². The van der Waals surface area contributed by atoms with Crippen LogP contribution in [-0.4, -0.2) is 24.2 Å². The van der Waals surface area contributed by atoms with E-state index in [4.69, 9.17) is 0 Å². The van der Waals surface area contributed by atoms with E-state index in [-0.39, 0.29) is 5.69 Å². The summed E-state index contributed by atoms with van der Waals surface area (Å²) in [5.41, 5.74) is 4.30. The molecule has 5 nitrogen and oxygen atoms in total. The molecule has 1 fully saturated rings. The Morgan fingerprint density at radius 2 is 1.83 bits per heavy atom. The van der Waals surface area contributed by atoms with Crippen molar-refractivity contribution in [3.8, 4) is 0 Å². The Morgan fingerprint density at radius 1 is 1.13 bits per heavy atom. The molecule has 0 atom stereocenters. The molecule has 0 unspecified atom stereocenters. The van der Waals surface area contributed by atoms with Crippen LogP contribution in [0.15, 0.2) is 47.5 Å². The molecule has 118 valence electrons. The molecule has 0 amide bonds. The predicted octanol–water partition coefficient (Wildman–Crippen LogP) is 4.25. The van der Waals surface area contributed by atoms with Gasteiger partial charge in [-0.25, -0.2) is 0 Å². The van der Waals surface area contributed by atoms with Crippen LogP contribution in [0.4, 0.5) is 17.1 Å². The first-order chi connectivity index (χ1) is 11.1. The highest BCUT2D eigenvalue weighted by molar-refractivity contribution is 5.84. The van der Waals surface area contributed by atoms with Gasteiger partial charge >= 0.3 is 0 Å². The topological polar surface area (TPSA) is 58.7 Å². The first-order valence-corrected chi connectivity index (χ1v) is 7.77. The van der Waals surface area contributed by atoms with E-state index in [1.165, 1.54) is 36.2 Å². The van der Waals surface area contributed by atoms with E-state index in [1.807, 2.05) is 6.21 Å². The van der Waals surface area contributed by atoms with Gasteiger partial charge in [0.25, 0.3) is 5.69 Å². The molecule has 2 aromatic rings. The summed E-state index contributed by atoms with van der Waals surface area (Å²) in [4.78, 5) is 17.0. The normalized spacial score (nSPS) is 14.6. The molecule has 0 aliphatic carbocycles. The van der Waals surface area contributed by atoms with E-state index in [0.717, 1.165) is 18.7 Å². The lowest BCUT2D eigenvalue weighted by atomic mass is 10.1. The van der Waals surface area contributed by atoms with Gasteiger partial charge in [-0.05, 0) is 55.2 Å². The van der Waals surface area contributed by atoms with Crippen molar-refractivity contribution >= 4 is 23.3 Å². The fraction of sp³-hybridized carbons (Fsp3) is 0.278. The summed E-state index contributed by atoms with van der Waals surface area (Å²) in [6.45, 7) is 4.35. The predicted molar refractivity (Wildman–Crippen MR) is 93.0 cm³/mol. The molecule has 0 spiro atoms. The zero-order valence-electron chi connectivity index (χ0n) is 13.1. The molecule has 1 saturated heterocycles. The molecular weight excluding hydrogens is 290 g/mol. The van der Waals surface area contributed by atoms with Crippen LogP contribution in [0.1, 0.15) is 24.0 Å². The standard InChI is InChI=1S/C18H19N3O2/c1-14-12-18(20-10-2-3-11-20)7-4-15(14)13-19-16-5-8-17(9-6-16)21(22)23/h4-9,12-13H,2-3,10-11H2,1H3. The maximum absolute atomic E-state index is 10.6. The van der Waals surface area contributed by atoms with Crippen LogP contribution in [0, 0.1) is 17.0 Å². The van der Waals surface area contributed by atoms with Crippen molar-refractivity contribution in [1.82, 2.24) is 0 Å². The minimum atomic E-state index is -0.408. The number of aliphatic imine (C=N–C) groups is 1. The summed E-state index contributed by atoms with van der Waals surface area (Å²) in [6.07, 6.45) is 4.34. The van der Waals surface area contributed by atoms with Crippen molar-refractivity contribution in [3.63, 3.8) is 0 Å². The number of nitrogens with zero attached hydrogens (tertiary/aromatic N) is 3. The van der Waals surface area contributed by atoms with E-state index in [1.54, 1.807) is 12.1 Å². The number of aryl methyl sites for hydroxylation is 1. The van der Waals surface area contributed by atoms with Gasteiger partial charge < -0.3 is 4.90 Å². The summed E-state index contributed by atoms with van der Waals surface area (Å²) in [7, 11) is 0. The molecule has 1 aliphatic heterocycles. The summed E-state index contributed by atoms with van der Waals surface area (Å²) >= 11 is 0. The number of nitro benzene ring substituents is 1. The molecule has 0 N–H and O–H groups in total. The number of hydrogen-bond donors (Lipinski definition) is 0.